The van der Waals surface area contributed by atoms with E-state index in [2.05, 4.69) is 29.7 Å². The first-order valence-electron chi connectivity index (χ1n) is 6.97. The van der Waals surface area contributed by atoms with Crippen molar-refractivity contribution in [2.75, 3.05) is 7.11 Å². The van der Waals surface area contributed by atoms with Crippen LogP contribution in [0.25, 0.3) is 0 Å². The van der Waals surface area contributed by atoms with Crippen LogP contribution in [0.15, 0.2) is 42.5 Å². The van der Waals surface area contributed by atoms with E-state index in [0.29, 0.717) is 12.0 Å². The first-order valence-corrected chi connectivity index (χ1v) is 6.97. The predicted molar refractivity (Wildman–Crippen MR) is 82.7 cm³/mol. The largest absolute Gasteiger partial charge is 0.494 e. The van der Waals surface area contributed by atoms with E-state index in [0.717, 1.165) is 6.42 Å². The average molecular weight is 288 g/mol. The first kappa shape index (κ1) is 15.5. The van der Waals surface area contributed by atoms with Crippen molar-refractivity contribution in [1.29, 1.82) is 0 Å². The molecule has 0 spiro atoms. The highest BCUT2D eigenvalue weighted by molar-refractivity contribution is 5.32. The van der Waals surface area contributed by atoms with E-state index in [4.69, 9.17) is 10.6 Å². The molecule has 4 heteroatoms. The lowest BCUT2D eigenvalue weighted by Crippen LogP contribution is -2.38. The SMILES string of the molecule is COc1cccc(CC(Cc2ccc(C)cc2)NN)c1F. The molecule has 1 unspecified atom stereocenters. The van der Waals surface area contributed by atoms with Gasteiger partial charge in [-0.2, -0.15) is 0 Å². The molecule has 0 aliphatic heterocycles. The lowest BCUT2D eigenvalue weighted by Gasteiger charge is -2.17. The molecule has 2 aromatic carbocycles. The maximum atomic E-state index is 14.2. The summed E-state index contributed by atoms with van der Waals surface area (Å²) in [5.74, 6) is 5.56. The second-order valence-corrected chi connectivity index (χ2v) is 5.19. The lowest BCUT2D eigenvalue weighted by atomic mass is 9.98. The summed E-state index contributed by atoms with van der Waals surface area (Å²) in [6.45, 7) is 2.05. The molecule has 21 heavy (non-hydrogen) atoms. The number of ether oxygens (including phenoxy) is 1. The molecule has 0 amide bonds. The maximum absolute atomic E-state index is 14.2. The standard InChI is InChI=1S/C17H21FN2O/c1-12-6-8-13(9-7-12)10-15(20-19)11-14-4-3-5-16(21-2)17(14)18/h3-9,15,20H,10-11,19H2,1-2H3. The number of hydrogen-bond acceptors (Lipinski definition) is 3. The quantitative estimate of drug-likeness (QED) is 0.635. The topological polar surface area (TPSA) is 47.3 Å². The lowest BCUT2D eigenvalue weighted by molar-refractivity contribution is 0.382. The van der Waals surface area contributed by atoms with Gasteiger partial charge in [0.25, 0.3) is 0 Å². The summed E-state index contributed by atoms with van der Waals surface area (Å²) >= 11 is 0. The van der Waals surface area contributed by atoms with E-state index in [1.54, 1.807) is 18.2 Å². The zero-order valence-electron chi connectivity index (χ0n) is 12.4. The third-order valence-electron chi connectivity index (χ3n) is 3.57. The van der Waals surface area contributed by atoms with Gasteiger partial charge in [-0.15, -0.1) is 0 Å². The van der Waals surface area contributed by atoms with Gasteiger partial charge < -0.3 is 4.74 Å². The minimum absolute atomic E-state index is 0.0330. The molecule has 0 aromatic heterocycles. The molecule has 2 rings (SSSR count). The van der Waals surface area contributed by atoms with Crippen LogP contribution < -0.4 is 16.0 Å². The molecular weight excluding hydrogens is 267 g/mol. The normalized spacial score (nSPS) is 12.2. The Kier molecular flexibility index (Phi) is 5.31. The number of benzene rings is 2. The second-order valence-electron chi connectivity index (χ2n) is 5.19. The molecule has 3 nitrogen and oxygen atoms in total. The van der Waals surface area contributed by atoms with E-state index in [-0.39, 0.29) is 17.6 Å². The van der Waals surface area contributed by atoms with Gasteiger partial charge in [0.05, 0.1) is 7.11 Å². The summed E-state index contributed by atoms with van der Waals surface area (Å²) < 4.78 is 19.2. The van der Waals surface area contributed by atoms with Gasteiger partial charge >= 0.3 is 0 Å². The Morgan fingerprint density at radius 3 is 2.48 bits per heavy atom. The third kappa shape index (κ3) is 4.03. The molecule has 0 heterocycles. The van der Waals surface area contributed by atoms with E-state index < -0.39 is 0 Å². The molecule has 0 aliphatic carbocycles. The fourth-order valence-corrected chi connectivity index (χ4v) is 2.34. The molecule has 0 fully saturated rings. The number of rotatable bonds is 6. The van der Waals surface area contributed by atoms with Gasteiger partial charge in [0, 0.05) is 6.04 Å². The number of hydrazine groups is 1. The highest BCUT2D eigenvalue weighted by atomic mass is 19.1. The zero-order valence-corrected chi connectivity index (χ0v) is 12.4. The Labute approximate surface area is 124 Å². The monoisotopic (exact) mass is 288 g/mol. The van der Waals surface area contributed by atoms with Crippen LogP contribution >= 0.6 is 0 Å². The van der Waals surface area contributed by atoms with Crippen LogP contribution in [0, 0.1) is 12.7 Å². The second kappa shape index (κ2) is 7.20. The first-order chi connectivity index (χ1) is 10.1. The molecule has 112 valence electrons. The third-order valence-corrected chi connectivity index (χ3v) is 3.57. The van der Waals surface area contributed by atoms with Crippen molar-refractivity contribution < 1.29 is 9.13 Å². The predicted octanol–water partition coefficient (Wildman–Crippen LogP) is 2.76. The molecular formula is C17H21FN2O. The molecule has 3 N–H and O–H groups in total. The van der Waals surface area contributed by atoms with Crippen LogP contribution in [-0.4, -0.2) is 13.2 Å². The number of halogens is 1. The molecule has 2 aromatic rings. The summed E-state index contributed by atoms with van der Waals surface area (Å²) in [7, 11) is 1.47. The highest BCUT2D eigenvalue weighted by Crippen LogP contribution is 2.21. The Morgan fingerprint density at radius 2 is 1.86 bits per heavy atom. The maximum Gasteiger partial charge on any atom is 0.168 e. The van der Waals surface area contributed by atoms with E-state index in [1.807, 2.05) is 6.92 Å². The van der Waals surface area contributed by atoms with Gasteiger partial charge in [-0.25, -0.2) is 4.39 Å². The van der Waals surface area contributed by atoms with Gasteiger partial charge in [-0.1, -0.05) is 42.0 Å². The summed E-state index contributed by atoms with van der Waals surface area (Å²) in [5.41, 5.74) is 5.76. The zero-order chi connectivity index (χ0) is 15.2. The van der Waals surface area contributed by atoms with Crippen LogP contribution in [0.2, 0.25) is 0 Å². The fourth-order valence-electron chi connectivity index (χ4n) is 2.34. The fraction of sp³-hybridized carbons (Fsp3) is 0.294. The molecule has 1 atom stereocenters. The van der Waals surface area contributed by atoms with E-state index in [9.17, 15) is 4.39 Å². The van der Waals surface area contributed by atoms with Gasteiger partial charge in [-0.3, -0.25) is 11.3 Å². The Bertz CT molecular complexity index is 584. The van der Waals surface area contributed by atoms with Gasteiger partial charge in [-0.05, 0) is 37.0 Å². The van der Waals surface area contributed by atoms with Crippen molar-refractivity contribution in [1.82, 2.24) is 5.43 Å². The number of aryl methyl sites for hydroxylation is 1. The highest BCUT2D eigenvalue weighted by Gasteiger charge is 2.14. The van der Waals surface area contributed by atoms with Crippen LogP contribution in [0.1, 0.15) is 16.7 Å². The van der Waals surface area contributed by atoms with Crippen LogP contribution in [0.4, 0.5) is 4.39 Å². The number of nitrogens with two attached hydrogens (primary N) is 1. The number of methoxy groups -OCH3 is 1. The Hall–Kier alpha value is -1.91. The smallest absolute Gasteiger partial charge is 0.168 e. The van der Waals surface area contributed by atoms with Crippen LogP contribution in [-0.2, 0) is 12.8 Å². The average Bonchev–Trinajstić information content (AvgIpc) is 2.50. The van der Waals surface area contributed by atoms with Gasteiger partial charge in [0.2, 0.25) is 0 Å². The summed E-state index contributed by atoms with van der Waals surface area (Å²) in [4.78, 5) is 0. The van der Waals surface area contributed by atoms with Gasteiger partial charge in [0.1, 0.15) is 0 Å². The minimum Gasteiger partial charge on any atom is -0.494 e. The Balaban J connectivity index is 2.10. The Morgan fingerprint density at radius 1 is 1.14 bits per heavy atom. The molecule has 0 radical (unpaired) electrons. The summed E-state index contributed by atoms with van der Waals surface area (Å²) in [5, 5.41) is 0. The van der Waals surface area contributed by atoms with E-state index in [1.165, 1.54) is 18.2 Å². The van der Waals surface area contributed by atoms with Crippen molar-refractivity contribution in [3.8, 4) is 5.75 Å². The minimum atomic E-state index is -0.316. The van der Waals surface area contributed by atoms with Crippen LogP contribution in [0.3, 0.4) is 0 Å². The molecule has 0 aliphatic rings. The van der Waals surface area contributed by atoms with Crippen molar-refractivity contribution in [2.24, 2.45) is 5.84 Å². The van der Waals surface area contributed by atoms with Crippen molar-refractivity contribution in [3.63, 3.8) is 0 Å². The summed E-state index contributed by atoms with van der Waals surface area (Å²) in [6.07, 6.45) is 1.25. The van der Waals surface area contributed by atoms with Crippen molar-refractivity contribution in [2.45, 2.75) is 25.8 Å². The number of nitrogens with one attached hydrogen (secondary N) is 1. The molecule has 0 saturated heterocycles. The van der Waals surface area contributed by atoms with Gasteiger partial charge in [0.15, 0.2) is 11.6 Å². The molecule has 0 bridgehead atoms. The van der Waals surface area contributed by atoms with E-state index >= 15 is 0 Å². The van der Waals surface area contributed by atoms with Crippen molar-refractivity contribution >= 4 is 0 Å². The van der Waals surface area contributed by atoms with Crippen molar-refractivity contribution in [3.05, 3.63) is 65.0 Å². The van der Waals surface area contributed by atoms with Crippen LogP contribution in [0.5, 0.6) is 5.75 Å². The number of hydrogen-bond donors (Lipinski definition) is 2. The molecule has 0 saturated carbocycles. The summed E-state index contributed by atoms with van der Waals surface area (Å²) in [6, 6.07) is 13.4.